The summed E-state index contributed by atoms with van der Waals surface area (Å²) in [6, 6.07) is 0.233. The number of nitrogens with one attached hydrogen (secondary N) is 2. The molecule has 2 aliphatic rings. The highest BCUT2D eigenvalue weighted by Crippen LogP contribution is 2.37. The van der Waals surface area contributed by atoms with E-state index in [1.54, 1.807) is 7.05 Å². The topological polar surface area (TPSA) is 83.8 Å². The van der Waals surface area contributed by atoms with Crippen molar-refractivity contribution in [1.82, 2.24) is 25.3 Å². The predicted octanol–water partition coefficient (Wildman–Crippen LogP) is 3.03. The first kappa shape index (κ1) is 23.2. The van der Waals surface area contributed by atoms with Crippen LogP contribution in [0.25, 0.3) is 0 Å². The maximum absolute atomic E-state index is 13.1. The molecule has 1 aromatic rings. The number of nitrogens with zero attached hydrogens (tertiary/aromatic N) is 4. The third-order valence-electron chi connectivity index (χ3n) is 5.52. The second-order valence-corrected chi connectivity index (χ2v) is 9.19. The SMILES string of the molecule is CN=C(NCc1cn(C)nc1C(F)(F)F)NC1CC2CCC(C1)N2C(=O)OC(C)(C)C. The molecule has 2 N–H and O–H groups in total. The number of ether oxygens (including phenoxy) is 1. The van der Waals surface area contributed by atoms with Gasteiger partial charge in [0, 0.05) is 50.5 Å². The van der Waals surface area contributed by atoms with Crippen LogP contribution in [0.3, 0.4) is 0 Å². The van der Waals surface area contributed by atoms with Gasteiger partial charge in [0.2, 0.25) is 0 Å². The lowest BCUT2D eigenvalue weighted by Crippen LogP contribution is -2.54. The second-order valence-electron chi connectivity index (χ2n) is 9.19. The molecule has 1 aromatic heterocycles. The van der Waals surface area contributed by atoms with Gasteiger partial charge < -0.3 is 20.3 Å². The lowest BCUT2D eigenvalue weighted by atomic mass is 9.98. The van der Waals surface area contributed by atoms with Crippen LogP contribution in [0.4, 0.5) is 18.0 Å². The van der Waals surface area contributed by atoms with Crippen molar-refractivity contribution in [2.24, 2.45) is 12.0 Å². The molecule has 2 atom stereocenters. The molecule has 0 aliphatic carbocycles. The monoisotopic (exact) mass is 444 g/mol. The molecule has 0 radical (unpaired) electrons. The molecule has 2 saturated heterocycles. The highest BCUT2D eigenvalue weighted by atomic mass is 19.4. The minimum absolute atomic E-state index is 0.0496. The van der Waals surface area contributed by atoms with Crippen LogP contribution >= 0.6 is 0 Å². The van der Waals surface area contributed by atoms with Crippen LogP contribution in [-0.2, 0) is 24.5 Å². The maximum atomic E-state index is 13.1. The van der Waals surface area contributed by atoms with E-state index in [2.05, 4.69) is 20.7 Å². The van der Waals surface area contributed by atoms with Gasteiger partial charge in [-0.25, -0.2) is 4.79 Å². The Morgan fingerprint density at radius 3 is 2.39 bits per heavy atom. The zero-order valence-electron chi connectivity index (χ0n) is 18.6. The Hall–Kier alpha value is -2.46. The van der Waals surface area contributed by atoms with Crippen molar-refractivity contribution in [3.63, 3.8) is 0 Å². The summed E-state index contributed by atoms with van der Waals surface area (Å²) in [5.41, 5.74) is -1.39. The van der Waals surface area contributed by atoms with Crippen molar-refractivity contribution in [3.05, 3.63) is 17.5 Å². The van der Waals surface area contributed by atoms with Crippen LogP contribution in [0.5, 0.6) is 0 Å². The molecule has 2 fully saturated rings. The Bertz CT molecular complexity index is 816. The smallest absolute Gasteiger partial charge is 0.435 e. The van der Waals surface area contributed by atoms with Crippen molar-refractivity contribution < 1.29 is 22.7 Å². The number of carbonyl (C=O) groups excluding carboxylic acids is 1. The number of halogens is 3. The van der Waals surface area contributed by atoms with E-state index in [-0.39, 0.29) is 36.3 Å². The molecular weight excluding hydrogens is 413 g/mol. The van der Waals surface area contributed by atoms with Crippen LogP contribution < -0.4 is 10.6 Å². The minimum atomic E-state index is -4.51. The quantitative estimate of drug-likeness (QED) is 0.553. The summed E-state index contributed by atoms with van der Waals surface area (Å²) in [5, 5.41) is 9.78. The number of aromatic nitrogens is 2. The molecule has 3 rings (SSSR count). The molecule has 0 aromatic carbocycles. The fraction of sp³-hybridized carbons (Fsp3) is 0.750. The summed E-state index contributed by atoms with van der Waals surface area (Å²) in [5.74, 6) is 0.423. The molecule has 2 bridgehead atoms. The number of aliphatic imine (C=N–C) groups is 1. The number of carbonyl (C=O) groups is 1. The number of hydrogen-bond donors (Lipinski definition) is 2. The van der Waals surface area contributed by atoms with E-state index in [0.29, 0.717) is 5.96 Å². The summed E-state index contributed by atoms with van der Waals surface area (Å²) in [4.78, 5) is 18.6. The van der Waals surface area contributed by atoms with Crippen molar-refractivity contribution in [1.29, 1.82) is 0 Å². The van der Waals surface area contributed by atoms with Crippen molar-refractivity contribution in [3.8, 4) is 0 Å². The number of amides is 1. The van der Waals surface area contributed by atoms with Crippen molar-refractivity contribution in [2.75, 3.05) is 7.05 Å². The summed E-state index contributed by atoms with van der Waals surface area (Å²) in [6.45, 7) is 5.50. The molecule has 2 unspecified atom stereocenters. The first-order valence-electron chi connectivity index (χ1n) is 10.5. The van der Waals surface area contributed by atoms with Gasteiger partial charge in [0.25, 0.3) is 0 Å². The van der Waals surface area contributed by atoms with E-state index in [0.717, 1.165) is 30.4 Å². The Labute approximate surface area is 180 Å². The number of guanidine groups is 1. The second kappa shape index (κ2) is 8.58. The van der Waals surface area contributed by atoms with Gasteiger partial charge in [-0.05, 0) is 46.5 Å². The Morgan fingerprint density at radius 2 is 1.87 bits per heavy atom. The zero-order valence-corrected chi connectivity index (χ0v) is 18.6. The first-order valence-corrected chi connectivity index (χ1v) is 10.5. The highest BCUT2D eigenvalue weighted by Gasteiger charge is 2.45. The fourth-order valence-electron chi connectivity index (χ4n) is 4.38. The van der Waals surface area contributed by atoms with E-state index < -0.39 is 17.5 Å². The Morgan fingerprint density at radius 1 is 1.26 bits per heavy atom. The molecule has 0 spiro atoms. The number of alkyl halides is 3. The Kier molecular flexibility index (Phi) is 6.43. The van der Waals surface area contributed by atoms with Crippen LogP contribution in [0.2, 0.25) is 0 Å². The van der Waals surface area contributed by atoms with Gasteiger partial charge in [0.1, 0.15) is 5.60 Å². The number of rotatable bonds is 3. The summed E-state index contributed by atoms with van der Waals surface area (Å²) in [7, 11) is 3.04. The molecule has 8 nitrogen and oxygen atoms in total. The van der Waals surface area contributed by atoms with Gasteiger partial charge in [-0.3, -0.25) is 9.67 Å². The molecular formula is C20H31F3N6O2. The van der Waals surface area contributed by atoms with Crippen molar-refractivity contribution in [2.45, 2.75) is 82.9 Å². The van der Waals surface area contributed by atoms with Gasteiger partial charge >= 0.3 is 12.3 Å². The molecule has 0 saturated carbocycles. The van der Waals surface area contributed by atoms with Gasteiger partial charge in [0.05, 0.1) is 0 Å². The first-order chi connectivity index (χ1) is 14.4. The van der Waals surface area contributed by atoms with Gasteiger partial charge in [0.15, 0.2) is 11.7 Å². The van der Waals surface area contributed by atoms with Crippen LogP contribution in [0.1, 0.15) is 57.7 Å². The highest BCUT2D eigenvalue weighted by molar-refractivity contribution is 5.80. The number of piperidine rings is 1. The summed E-state index contributed by atoms with van der Waals surface area (Å²) >= 11 is 0. The zero-order chi connectivity index (χ0) is 23.0. The molecule has 174 valence electrons. The van der Waals surface area contributed by atoms with Crippen molar-refractivity contribution >= 4 is 12.1 Å². The van der Waals surface area contributed by atoms with E-state index in [4.69, 9.17) is 4.74 Å². The van der Waals surface area contributed by atoms with Crippen LogP contribution in [0.15, 0.2) is 11.2 Å². The van der Waals surface area contributed by atoms with E-state index in [1.807, 2.05) is 25.7 Å². The van der Waals surface area contributed by atoms with E-state index in [1.165, 1.54) is 13.2 Å². The van der Waals surface area contributed by atoms with Crippen LogP contribution in [-0.4, -0.2) is 57.5 Å². The molecule has 2 aliphatic heterocycles. The van der Waals surface area contributed by atoms with Gasteiger partial charge in [-0.2, -0.15) is 18.3 Å². The third kappa shape index (κ3) is 5.62. The average molecular weight is 445 g/mol. The average Bonchev–Trinajstić information content (AvgIpc) is 3.14. The molecule has 11 heteroatoms. The normalized spacial score (nSPS) is 24.3. The van der Waals surface area contributed by atoms with Gasteiger partial charge in [-0.1, -0.05) is 0 Å². The molecule has 3 heterocycles. The standard InChI is InChI=1S/C20H31F3N6O2/c1-19(2,3)31-18(30)29-14-6-7-15(29)9-13(8-14)26-17(24-4)25-10-12-11-28(5)27-16(12)20(21,22)23/h11,13-15H,6-10H2,1-5H3,(H2,24,25,26). The van der Waals surface area contributed by atoms with Crippen LogP contribution in [0, 0.1) is 0 Å². The minimum Gasteiger partial charge on any atom is -0.444 e. The lowest BCUT2D eigenvalue weighted by molar-refractivity contribution is -0.142. The molecule has 31 heavy (non-hydrogen) atoms. The Balaban J connectivity index is 1.58. The number of aryl methyl sites for hydroxylation is 1. The van der Waals surface area contributed by atoms with E-state index >= 15 is 0 Å². The van der Waals surface area contributed by atoms with E-state index in [9.17, 15) is 18.0 Å². The summed E-state index contributed by atoms with van der Waals surface area (Å²) in [6.07, 6.45) is -0.144. The predicted molar refractivity (Wildman–Crippen MR) is 109 cm³/mol. The number of hydrogen-bond acceptors (Lipinski definition) is 4. The lowest BCUT2D eigenvalue weighted by Gasteiger charge is -2.40. The molecule has 1 amide bonds. The number of fused-ring (bicyclic) bond motifs is 2. The fourth-order valence-corrected chi connectivity index (χ4v) is 4.38. The third-order valence-corrected chi connectivity index (χ3v) is 5.52. The largest absolute Gasteiger partial charge is 0.444 e. The maximum Gasteiger partial charge on any atom is 0.435 e. The van der Waals surface area contributed by atoms with Gasteiger partial charge in [-0.15, -0.1) is 0 Å². The summed E-state index contributed by atoms with van der Waals surface area (Å²) < 4.78 is 46.1.